The number of nitrogens with zero attached hydrogens (tertiary/aromatic N) is 1. The first kappa shape index (κ1) is 13.7. The van der Waals surface area contributed by atoms with Crippen molar-refractivity contribution >= 4 is 5.91 Å². The zero-order valence-corrected chi connectivity index (χ0v) is 11.6. The van der Waals surface area contributed by atoms with Crippen LogP contribution in [0, 0.1) is 0 Å². The molecule has 1 amide bonds. The van der Waals surface area contributed by atoms with E-state index < -0.39 is 0 Å². The van der Waals surface area contributed by atoms with Crippen LogP contribution >= 0.6 is 0 Å². The second-order valence-corrected chi connectivity index (χ2v) is 4.68. The lowest BCUT2D eigenvalue weighted by Gasteiger charge is -2.23. The summed E-state index contributed by atoms with van der Waals surface area (Å²) in [5.41, 5.74) is 1.03. The van der Waals surface area contributed by atoms with Crippen LogP contribution in [0.1, 0.15) is 12.5 Å². The summed E-state index contributed by atoms with van der Waals surface area (Å²) in [7, 11) is 3.58. The van der Waals surface area contributed by atoms with E-state index in [2.05, 4.69) is 5.32 Å². The molecule has 0 saturated carbocycles. The molecule has 5 nitrogen and oxygen atoms in total. The molecule has 1 N–H and O–H groups in total. The fraction of sp³-hybridized carbons (Fsp3) is 0.500. The maximum Gasteiger partial charge on any atom is 0.239 e. The number of amides is 1. The van der Waals surface area contributed by atoms with Crippen molar-refractivity contribution in [2.24, 2.45) is 0 Å². The SMILES string of the molecule is CNC(C)C(=O)N(C)Cc1ccc2c(c1)OCCO2. The van der Waals surface area contributed by atoms with E-state index >= 15 is 0 Å². The first-order valence-corrected chi connectivity index (χ1v) is 6.42. The molecule has 0 fully saturated rings. The average Bonchev–Trinajstić information content (AvgIpc) is 2.45. The number of rotatable bonds is 4. The molecule has 1 aromatic rings. The summed E-state index contributed by atoms with van der Waals surface area (Å²) in [5, 5.41) is 2.95. The number of fused-ring (bicyclic) bond motifs is 1. The van der Waals surface area contributed by atoms with Gasteiger partial charge in [-0.15, -0.1) is 0 Å². The molecule has 104 valence electrons. The van der Waals surface area contributed by atoms with Gasteiger partial charge in [0.2, 0.25) is 5.91 Å². The van der Waals surface area contributed by atoms with Crippen LogP contribution in [0.2, 0.25) is 0 Å². The van der Waals surface area contributed by atoms with Gasteiger partial charge in [0, 0.05) is 13.6 Å². The van der Waals surface area contributed by atoms with Crippen LogP contribution in [-0.4, -0.2) is 44.2 Å². The average molecular weight is 264 g/mol. The van der Waals surface area contributed by atoms with Crippen molar-refractivity contribution < 1.29 is 14.3 Å². The van der Waals surface area contributed by atoms with Gasteiger partial charge in [0.25, 0.3) is 0 Å². The van der Waals surface area contributed by atoms with Crippen LogP contribution in [0.25, 0.3) is 0 Å². The van der Waals surface area contributed by atoms with Gasteiger partial charge in [0.15, 0.2) is 11.5 Å². The van der Waals surface area contributed by atoms with Crippen molar-refractivity contribution in [3.05, 3.63) is 23.8 Å². The van der Waals surface area contributed by atoms with Crippen molar-refractivity contribution in [3.63, 3.8) is 0 Å². The van der Waals surface area contributed by atoms with Crippen LogP contribution in [0.3, 0.4) is 0 Å². The maximum atomic E-state index is 12.0. The molecule has 1 aliphatic rings. The molecule has 1 aromatic carbocycles. The normalized spacial score (nSPS) is 14.9. The van der Waals surface area contributed by atoms with Crippen LogP contribution < -0.4 is 14.8 Å². The minimum atomic E-state index is -0.179. The Kier molecular flexibility index (Phi) is 4.27. The fourth-order valence-corrected chi connectivity index (χ4v) is 1.99. The predicted molar refractivity (Wildman–Crippen MR) is 72.4 cm³/mol. The highest BCUT2D eigenvalue weighted by atomic mass is 16.6. The molecule has 1 unspecified atom stereocenters. The standard InChI is InChI=1S/C14H20N2O3/c1-10(15-2)14(17)16(3)9-11-4-5-12-13(8-11)19-7-6-18-12/h4-5,8,10,15H,6-7,9H2,1-3H3. The summed E-state index contributed by atoms with van der Waals surface area (Å²) in [6, 6.07) is 5.61. The van der Waals surface area contributed by atoms with Gasteiger partial charge in [-0.3, -0.25) is 4.79 Å². The van der Waals surface area contributed by atoms with Gasteiger partial charge >= 0.3 is 0 Å². The van der Waals surface area contributed by atoms with Crippen LogP contribution in [0.15, 0.2) is 18.2 Å². The molecule has 19 heavy (non-hydrogen) atoms. The van der Waals surface area contributed by atoms with Gasteiger partial charge < -0.3 is 19.7 Å². The topological polar surface area (TPSA) is 50.8 Å². The first-order chi connectivity index (χ1) is 9.11. The monoisotopic (exact) mass is 264 g/mol. The molecule has 1 aliphatic heterocycles. The number of benzene rings is 1. The van der Waals surface area contributed by atoms with Crippen LogP contribution in [0.5, 0.6) is 11.5 Å². The molecule has 1 heterocycles. The smallest absolute Gasteiger partial charge is 0.239 e. The Bertz CT molecular complexity index is 462. The second-order valence-electron chi connectivity index (χ2n) is 4.68. The van der Waals surface area contributed by atoms with E-state index in [0.29, 0.717) is 19.8 Å². The molecule has 0 radical (unpaired) electrons. The molecule has 2 rings (SSSR count). The lowest BCUT2D eigenvalue weighted by molar-refractivity contribution is -0.132. The Morgan fingerprint density at radius 3 is 2.74 bits per heavy atom. The highest BCUT2D eigenvalue weighted by molar-refractivity contribution is 5.81. The minimum absolute atomic E-state index is 0.0670. The van der Waals surface area contributed by atoms with Crippen molar-refractivity contribution in [3.8, 4) is 11.5 Å². The van der Waals surface area contributed by atoms with E-state index in [1.54, 1.807) is 19.0 Å². The number of hydrogen-bond acceptors (Lipinski definition) is 4. The molecule has 0 spiro atoms. The Labute approximate surface area is 113 Å². The minimum Gasteiger partial charge on any atom is -0.486 e. The van der Waals surface area contributed by atoms with Gasteiger partial charge in [0.1, 0.15) is 13.2 Å². The third kappa shape index (κ3) is 3.17. The third-order valence-electron chi connectivity index (χ3n) is 3.21. The third-order valence-corrected chi connectivity index (χ3v) is 3.21. The molecular formula is C14H20N2O3. The molecule has 1 atom stereocenters. The van der Waals surface area contributed by atoms with Crippen molar-refractivity contribution in [2.75, 3.05) is 27.3 Å². The van der Waals surface area contributed by atoms with Crippen LogP contribution in [-0.2, 0) is 11.3 Å². The molecule has 0 bridgehead atoms. The number of carbonyl (C=O) groups excluding carboxylic acids is 1. The Morgan fingerprint density at radius 2 is 2.05 bits per heavy atom. The number of likely N-dealkylation sites (N-methyl/N-ethyl adjacent to an activating group) is 2. The lowest BCUT2D eigenvalue weighted by atomic mass is 10.1. The summed E-state index contributed by atoms with van der Waals surface area (Å²) < 4.78 is 11.0. The first-order valence-electron chi connectivity index (χ1n) is 6.42. The fourth-order valence-electron chi connectivity index (χ4n) is 1.99. The number of carbonyl (C=O) groups is 1. The van der Waals surface area contributed by atoms with Gasteiger partial charge in [0.05, 0.1) is 6.04 Å². The van der Waals surface area contributed by atoms with Crippen molar-refractivity contribution in [1.82, 2.24) is 10.2 Å². The quantitative estimate of drug-likeness (QED) is 0.882. The van der Waals surface area contributed by atoms with E-state index in [4.69, 9.17) is 9.47 Å². The zero-order chi connectivity index (χ0) is 13.8. The Hall–Kier alpha value is -1.75. The van der Waals surface area contributed by atoms with Gasteiger partial charge in [-0.1, -0.05) is 6.07 Å². The molecular weight excluding hydrogens is 244 g/mol. The predicted octanol–water partition coefficient (Wildman–Crippen LogP) is 1.02. The lowest BCUT2D eigenvalue weighted by Crippen LogP contribution is -2.41. The zero-order valence-electron chi connectivity index (χ0n) is 11.6. The van der Waals surface area contributed by atoms with Gasteiger partial charge in [-0.2, -0.15) is 0 Å². The number of nitrogens with one attached hydrogen (secondary N) is 1. The maximum absolute atomic E-state index is 12.0. The molecule has 0 saturated heterocycles. The van der Waals surface area contributed by atoms with E-state index in [1.807, 2.05) is 25.1 Å². The summed E-state index contributed by atoms with van der Waals surface area (Å²) >= 11 is 0. The van der Waals surface area contributed by atoms with Crippen LogP contribution in [0.4, 0.5) is 0 Å². The largest absolute Gasteiger partial charge is 0.486 e. The highest BCUT2D eigenvalue weighted by Crippen LogP contribution is 2.31. The second kappa shape index (κ2) is 5.93. The summed E-state index contributed by atoms with van der Waals surface area (Å²) in [6.45, 7) is 3.57. The van der Waals surface area contributed by atoms with Gasteiger partial charge in [-0.05, 0) is 31.7 Å². The van der Waals surface area contributed by atoms with Crippen molar-refractivity contribution in [2.45, 2.75) is 19.5 Å². The number of ether oxygens (including phenoxy) is 2. The molecule has 0 aliphatic carbocycles. The summed E-state index contributed by atoms with van der Waals surface area (Å²) in [4.78, 5) is 13.7. The highest BCUT2D eigenvalue weighted by Gasteiger charge is 2.17. The van der Waals surface area contributed by atoms with E-state index in [9.17, 15) is 4.79 Å². The van der Waals surface area contributed by atoms with Gasteiger partial charge in [-0.25, -0.2) is 0 Å². The molecule has 0 aromatic heterocycles. The Morgan fingerprint density at radius 1 is 1.37 bits per heavy atom. The Balaban J connectivity index is 2.05. The summed E-state index contributed by atoms with van der Waals surface area (Å²) in [5.74, 6) is 1.59. The summed E-state index contributed by atoms with van der Waals surface area (Å²) in [6.07, 6.45) is 0. The van der Waals surface area contributed by atoms with Crippen molar-refractivity contribution in [1.29, 1.82) is 0 Å². The number of hydrogen-bond donors (Lipinski definition) is 1. The van der Waals surface area contributed by atoms with E-state index in [0.717, 1.165) is 17.1 Å². The molecule has 5 heteroatoms. The van der Waals surface area contributed by atoms with E-state index in [1.165, 1.54) is 0 Å². The van der Waals surface area contributed by atoms with E-state index in [-0.39, 0.29) is 11.9 Å².